The summed E-state index contributed by atoms with van der Waals surface area (Å²) in [5.74, 6) is 0.504. The number of ether oxygens (including phenoxy) is 2. The number of hydrogen-bond acceptors (Lipinski definition) is 3. The first-order valence-corrected chi connectivity index (χ1v) is 6.45. The lowest BCUT2D eigenvalue weighted by molar-refractivity contribution is -0.122. The molecule has 110 valence electrons. The smallest absolute Gasteiger partial charge is 0.265 e. The molecule has 0 fully saturated rings. The number of benzene rings is 2. The van der Waals surface area contributed by atoms with E-state index in [0.717, 1.165) is 0 Å². The molecule has 0 unspecified atom stereocenters. The minimum atomic E-state index is -0.707. The summed E-state index contributed by atoms with van der Waals surface area (Å²) < 4.78 is 23.6. The van der Waals surface area contributed by atoms with Crippen molar-refractivity contribution in [1.29, 1.82) is 0 Å². The van der Waals surface area contributed by atoms with Crippen LogP contribution in [0.2, 0.25) is 0 Å². The Bertz CT molecular complexity index is 613. The Labute approximate surface area is 122 Å². The van der Waals surface area contributed by atoms with Gasteiger partial charge < -0.3 is 14.8 Å². The number of carbonyl (C=O) groups is 1. The van der Waals surface area contributed by atoms with Gasteiger partial charge >= 0.3 is 0 Å². The minimum Gasteiger partial charge on any atom is -0.497 e. The summed E-state index contributed by atoms with van der Waals surface area (Å²) in [7, 11) is 1.57. The standard InChI is InChI=1S/C16H16FNO3/c1-11(21-15-8-6-14(20-2)7-9-15)16(19)18-13-5-3-4-12(17)10-13/h3-11H,1-2H3,(H,18,19)/t11-/m1/s1. The molecule has 0 aliphatic rings. The molecule has 0 heterocycles. The van der Waals surface area contributed by atoms with Crippen molar-refractivity contribution < 1.29 is 18.7 Å². The predicted octanol–water partition coefficient (Wildman–Crippen LogP) is 3.24. The molecule has 0 bridgehead atoms. The number of nitrogens with one attached hydrogen (secondary N) is 1. The van der Waals surface area contributed by atoms with Crippen LogP contribution < -0.4 is 14.8 Å². The van der Waals surface area contributed by atoms with E-state index in [1.165, 1.54) is 18.2 Å². The van der Waals surface area contributed by atoms with Gasteiger partial charge in [0.05, 0.1) is 7.11 Å². The van der Waals surface area contributed by atoms with Gasteiger partial charge in [-0.1, -0.05) is 6.07 Å². The van der Waals surface area contributed by atoms with Crippen molar-refractivity contribution >= 4 is 11.6 Å². The van der Waals surface area contributed by atoms with E-state index in [1.54, 1.807) is 44.4 Å². The molecule has 2 rings (SSSR count). The van der Waals surface area contributed by atoms with Crippen LogP contribution in [0.4, 0.5) is 10.1 Å². The molecule has 0 radical (unpaired) electrons. The maximum Gasteiger partial charge on any atom is 0.265 e. The molecule has 0 saturated carbocycles. The normalized spacial score (nSPS) is 11.6. The number of anilines is 1. The fourth-order valence-corrected chi connectivity index (χ4v) is 1.72. The van der Waals surface area contributed by atoms with Crippen LogP contribution >= 0.6 is 0 Å². The highest BCUT2D eigenvalue weighted by Crippen LogP contribution is 2.18. The number of methoxy groups -OCH3 is 1. The highest BCUT2D eigenvalue weighted by Gasteiger charge is 2.15. The van der Waals surface area contributed by atoms with Crippen molar-refractivity contribution in [3.05, 3.63) is 54.3 Å². The second-order valence-corrected chi connectivity index (χ2v) is 4.44. The van der Waals surface area contributed by atoms with Crippen molar-refractivity contribution in [2.75, 3.05) is 12.4 Å². The summed E-state index contributed by atoms with van der Waals surface area (Å²) in [6.07, 6.45) is -0.707. The molecule has 0 saturated heterocycles. The van der Waals surface area contributed by atoms with E-state index in [-0.39, 0.29) is 5.91 Å². The zero-order valence-corrected chi connectivity index (χ0v) is 11.8. The van der Waals surface area contributed by atoms with Gasteiger partial charge in [-0.3, -0.25) is 4.79 Å². The first-order valence-electron chi connectivity index (χ1n) is 6.45. The molecule has 1 N–H and O–H groups in total. The number of halogens is 1. The van der Waals surface area contributed by atoms with Gasteiger partial charge in [0.15, 0.2) is 6.10 Å². The molecule has 21 heavy (non-hydrogen) atoms. The van der Waals surface area contributed by atoms with Crippen LogP contribution in [0.3, 0.4) is 0 Å². The number of rotatable bonds is 5. The van der Waals surface area contributed by atoms with Gasteiger partial charge in [0.2, 0.25) is 0 Å². The fraction of sp³-hybridized carbons (Fsp3) is 0.188. The van der Waals surface area contributed by atoms with Crippen molar-refractivity contribution in [3.8, 4) is 11.5 Å². The summed E-state index contributed by atoms with van der Waals surface area (Å²) in [6.45, 7) is 1.62. The van der Waals surface area contributed by atoms with Crippen molar-refractivity contribution in [2.24, 2.45) is 0 Å². The van der Waals surface area contributed by atoms with E-state index in [4.69, 9.17) is 9.47 Å². The van der Waals surface area contributed by atoms with E-state index in [9.17, 15) is 9.18 Å². The molecule has 1 amide bonds. The van der Waals surface area contributed by atoms with E-state index < -0.39 is 11.9 Å². The van der Waals surface area contributed by atoms with Gasteiger partial charge in [-0.25, -0.2) is 4.39 Å². The topological polar surface area (TPSA) is 47.6 Å². The molecule has 4 nitrogen and oxygen atoms in total. The van der Waals surface area contributed by atoms with Crippen LogP contribution in [0.1, 0.15) is 6.92 Å². The molecule has 0 aliphatic heterocycles. The van der Waals surface area contributed by atoms with Gasteiger partial charge in [0.1, 0.15) is 17.3 Å². The van der Waals surface area contributed by atoms with Crippen LogP contribution in [0, 0.1) is 5.82 Å². The zero-order chi connectivity index (χ0) is 15.2. The van der Waals surface area contributed by atoms with Gasteiger partial charge in [0.25, 0.3) is 5.91 Å². The monoisotopic (exact) mass is 289 g/mol. The zero-order valence-electron chi connectivity index (χ0n) is 11.8. The predicted molar refractivity (Wildman–Crippen MR) is 78.1 cm³/mol. The van der Waals surface area contributed by atoms with Crippen molar-refractivity contribution in [3.63, 3.8) is 0 Å². The molecular weight excluding hydrogens is 273 g/mol. The SMILES string of the molecule is COc1ccc(O[C@H](C)C(=O)Nc2cccc(F)c2)cc1. The second kappa shape index (κ2) is 6.74. The molecule has 2 aromatic carbocycles. The third-order valence-corrected chi connectivity index (χ3v) is 2.83. The lowest BCUT2D eigenvalue weighted by Crippen LogP contribution is -2.30. The average Bonchev–Trinajstić information content (AvgIpc) is 2.48. The third kappa shape index (κ3) is 4.21. The van der Waals surface area contributed by atoms with Gasteiger partial charge in [-0.2, -0.15) is 0 Å². The fourth-order valence-electron chi connectivity index (χ4n) is 1.72. The maximum atomic E-state index is 13.0. The molecule has 1 atom stereocenters. The van der Waals surface area contributed by atoms with Gasteiger partial charge in [-0.15, -0.1) is 0 Å². The first kappa shape index (κ1) is 14.8. The van der Waals surface area contributed by atoms with Gasteiger partial charge in [0, 0.05) is 5.69 Å². The van der Waals surface area contributed by atoms with Gasteiger partial charge in [-0.05, 0) is 49.4 Å². The maximum absolute atomic E-state index is 13.0. The minimum absolute atomic E-state index is 0.351. The Morgan fingerprint density at radius 1 is 1.14 bits per heavy atom. The van der Waals surface area contributed by atoms with Crippen LogP contribution in [-0.4, -0.2) is 19.1 Å². The van der Waals surface area contributed by atoms with E-state index in [1.807, 2.05) is 0 Å². The number of carbonyl (C=O) groups excluding carboxylic acids is 1. The summed E-state index contributed by atoms with van der Waals surface area (Å²) in [5.41, 5.74) is 0.394. The summed E-state index contributed by atoms with van der Waals surface area (Å²) in [4.78, 5) is 12.0. The largest absolute Gasteiger partial charge is 0.497 e. The van der Waals surface area contributed by atoms with Crippen LogP contribution in [0.15, 0.2) is 48.5 Å². The average molecular weight is 289 g/mol. The quantitative estimate of drug-likeness (QED) is 0.919. The lowest BCUT2D eigenvalue weighted by atomic mass is 10.3. The van der Waals surface area contributed by atoms with Crippen LogP contribution in [0.25, 0.3) is 0 Å². The lowest BCUT2D eigenvalue weighted by Gasteiger charge is -2.15. The second-order valence-electron chi connectivity index (χ2n) is 4.44. The first-order chi connectivity index (χ1) is 10.1. The molecule has 2 aromatic rings. The highest BCUT2D eigenvalue weighted by molar-refractivity contribution is 5.94. The van der Waals surface area contributed by atoms with Crippen LogP contribution in [-0.2, 0) is 4.79 Å². The molecule has 0 spiro atoms. The van der Waals surface area contributed by atoms with E-state index in [0.29, 0.717) is 17.2 Å². The molecular formula is C16H16FNO3. The van der Waals surface area contributed by atoms with Crippen LogP contribution in [0.5, 0.6) is 11.5 Å². The Morgan fingerprint density at radius 2 is 1.81 bits per heavy atom. The van der Waals surface area contributed by atoms with Crippen molar-refractivity contribution in [2.45, 2.75) is 13.0 Å². The van der Waals surface area contributed by atoms with E-state index in [2.05, 4.69) is 5.32 Å². The molecule has 5 heteroatoms. The Hall–Kier alpha value is -2.56. The highest BCUT2D eigenvalue weighted by atomic mass is 19.1. The Kier molecular flexibility index (Phi) is 4.77. The summed E-state index contributed by atoms with van der Waals surface area (Å²) >= 11 is 0. The van der Waals surface area contributed by atoms with E-state index >= 15 is 0 Å². The summed E-state index contributed by atoms with van der Waals surface area (Å²) in [6, 6.07) is 12.6. The van der Waals surface area contributed by atoms with Crippen molar-refractivity contribution in [1.82, 2.24) is 0 Å². The molecule has 0 aromatic heterocycles. The summed E-state index contributed by atoms with van der Waals surface area (Å²) in [5, 5.41) is 2.60. The third-order valence-electron chi connectivity index (χ3n) is 2.83. The Morgan fingerprint density at radius 3 is 2.43 bits per heavy atom. The molecule has 0 aliphatic carbocycles. The number of hydrogen-bond donors (Lipinski definition) is 1. The Balaban J connectivity index is 1.95. The number of amides is 1.